The van der Waals surface area contributed by atoms with E-state index in [1.807, 2.05) is 4.90 Å². The van der Waals surface area contributed by atoms with Crippen LogP contribution in [0, 0.1) is 0 Å². The molecule has 0 atom stereocenters. The van der Waals surface area contributed by atoms with E-state index in [-0.39, 0.29) is 11.7 Å². The van der Waals surface area contributed by atoms with Crippen LogP contribution in [0.4, 0.5) is 11.4 Å². The van der Waals surface area contributed by atoms with Gasteiger partial charge in [-0.3, -0.25) is 4.79 Å². The highest BCUT2D eigenvalue weighted by molar-refractivity contribution is 8.15. The van der Waals surface area contributed by atoms with E-state index in [1.54, 1.807) is 36.4 Å². The monoisotopic (exact) mass is 423 g/mol. The molecule has 2 heterocycles. The van der Waals surface area contributed by atoms with Gasteiger partial charge in [0.2, 0.25) is 0 Å². The van der Waals surface area contributed by atoms with E-state index in [4.69, 9.17) is 16.3 Å². The summed E-state index contributed by atoms with van der Waals surface area (Å²) in [6.07, 6.45) is 0. The predicted molar refractivity (Wildman–Crippen MR) is 107 cm³/mol. The van der Waals surface area contributed by atoms with Gasteiger partial charge in [0, 0.05) is 22.0 Å². The first-order valence-corrected chi connectivity index (χ1v) is 10.7. The lowest BCUT2D eigenvalue weighted by Crippen LogP contribution is -2.35. The number of amides is 1. The second-order valence-corrected chi connectivity index (χ2v) is 9.10. The molecule has 2 aromatic carbocycles. The molecule has 0 saturated heterocycles. The molecule has 0 spiro atoms. The molecule has 27 heavy (non-hydrogen) atoms. The van der Waals surface area contributed by atoms with Crippen LogP contribution < -0.4 is 15.0 Å². The molecule has 2 aliphatic rings. The lowest BCUT2D eigenvalue weighted by molar-refractivity contribution is 0.102. The largest absolute Gasteiger partial charge is 0.495 e. The molecule has 2 aliphatic heterocycles. The van der Waals surface area contributed by atoms with Crippen molar-refractivity contribution in [3.8, 4) is 5.75 Å². The maximum absolute atomic E-state index is 12.7. The Labute approximate surface area is 165 Å². The summed E-state index contributed by atoms with van der Waals surface area (Å²) in [5, 5.41) is 3.69. The van der Waals surface area contributed by atoms with Crippen LogP contribution >= 0.6 is 23.4 Å². The third kappa shape index (κ3) is 3.50. The van der Waals surface area contributed by atoms with Gasteiger partial charge in [0.15, 0.2) is 5.17 Å². The molecular formula is C17H14ClN3O4S2. The number of carbonyl (C=O) groups is 1. The molecule has 0 unspecified atom stereocenters. The van der Waals surface area contributed by atoms with Crippen LogP contribution in [-0.2, 0) is 10.0 Å². The first-order valence-electron chi connectivity index (χ1n) is 7.93. The number of nitrogens with zero attached hydrogens (tertiary/aromatic N) is 2. The number of anilines is 2. The topological polar surface area (TPSA) is 88.1 Å². The fourth-order valence-electron chi connectivity index (χ4n) is 2.84. The highest BCUT2D eigenvalue weighted by Gasteiger charge is 2.33. The number of rotatable bonds is 3. The Bertz CT molecular complexity index is 1090. The van der Waals surface area contributed by atoms with Crippen molar-refractivity contribution in [1.82, 2.24) is 0 Å². The Morgan fingerprint density at radius 3 is 2.89 bits per heavy atom. The van der Waals surface area contributed by atoms with Crippen LogP contribution in [-0.4, -0.2) is 38.9 Å². The molecule has 10 heteroatoms. The minimum absolute atomic E-state index is 0.0205. The Kier molecular flexibility index (Phi) is 4.53. The zero-order valence-corrected chi connectivity index (χ0v) is 16.5. The summed E-state index contributed by atoms with van der Waals surface area (Å²) >= 11 is 7.24. The number of sulfonamides is 1. The minimum Gasteiger partial charge on any atom is -0.495 e. The number of hydrogen-bond acceptors (Lipinski definition) is 6. The number of hydrogen-bond donors (Lipinski definition) is 1. The number of carbonyl (C=O) groups excluding carboxylic acids is 1. The maximum Gasteiger partial charge on any atom is 0.257 e. The van der Waals surface area contributed by atoms with Crippen molar-refractivity contribution < 1.29 is 17.9 Å². The van der Waals surface area contributed by atoms with Crippen molar-refractivity contribution in [2.24, 2.45) is 4.40 Å². The van der Waals surface area contributed by atoms with Crippen LogP contribution in [0.15, 0.2) is 45.7 Å². The Morgan fingerprint density at radius 2 is 2.11 bits per heavy atom. The van der Waals surface area contributed by atoms with Gasteiger partial charge in [0.05, 0.1) is 24.2 Å². The minimum atomic E-state index is -3.41. The molecule has 0 saturated carbocycles. The van der Waals surface area contributed by atoms with Crippen LogP contribution in [0.25, 0.3) is 0 Å². The summed E-state index contributed by atoms with van der Waals surface area (Å²) in [4.78, 5) is 15.3. The lowest BCUT2D eigenvalue weighted by atomic mass is 10.1. The van der Waals surface area contributed by atoms with E-state index >= 15 is 0 Å². The van der Waals surface area contributed by atoms with E-state index in [0.29, 0.717) is 33.7 Å². The summed E-state index contributed by atoms with van der Waals surface area (Å²) in [7, 11) is -1.90. The summed E-state index contributed by atoms with van der Waals surface area (Å²) in [5.41, 5.74) is 1.76. The van der Waals surface area contributed by atoms with E-state index in [1.165, 1.54) is 18.9 Å². The van der Waals surface area contributed by atoms with Gasteiger partial charge in [-0.15, -0.1) is 4.40 Å². The number of methoxy groups -OCH3 is 1. The van der Waals surface area contributed by atoms with Crippen LogP contribution in [0.2, 0.25) is 5.02 Å². The van der Waals surface area contributed by atoms with Crippen molar-refractivity contribution in [2.45, 2.75) is 4.90 Å². The molecule has 0 fully saturated rings. The average molecular weight is 424 g/mol. The molecule has 1 N–H and O–H groups in total. The Hall–Kier alpha value is -2.23. The number of fused-ring (bicyclic) bond motifs is 3. The molecule has 140 valence electrons. The zero-order chi connectivity index (χ0) is 19.2. The number of ether oxygens (including phenoxy) is 1. The second kappa shape index (κ2) is 6.74. The maximum atomic E-state index is 12.7. The van der Waals surface area contributed by atoms with Gasteiger partial charge in [-0.2, -0.15) is 0 Å². The third-order valence-electron chi connectivity index (χ3n) is 4.14. The Balaban J connectivity index is 1.61. The van der Waals surface area contributed by atoms with Gasteiger partial charge in [-0.25, -0.2) is 8.42 Å². The third-order valence-corrected chi connectivity index (χ3v) is 6.69. The van der Waals surface area contributed by atoms with Gasteiger partial charge in [0.1, 0.15) is 5.75 Å². The normalized spacial score (nSPS) is 17.0. The second-order valence-electron chi connectivity index (χ2n) is 5.89. The van der Waals surface area contributed by atoms with Gasteiger partial charge >= 0.3 is 0 Å². The number of amidine groups is 1. The fraction of sp³-hybridized carbons (Fsp3) is 0.176. The molecule has 0 bridgehead atoms. The van der Waals surface area contributed by atoms with E-state index in [2.05, 4.69) is 9.71 Å². The number of nitrogens with one attached hydrogen (secondary N) is 1. The SMILES string of the molecule is COc1ccc(Cl)cc1NC(=O)c1ccc2c(c1)SC1=NS(=O)(=O)CCN12. The van der Waals surface area contributed by atoms with Crippen LogP contribution in [0.3, 0.4) is 0 Å². The average Bonchev–Trinajstić information content (AvgIpc) is 2.97. The van der Waals surface area contributed by atoms with Crippen molar-refractivity contribution in [3.05, 3.63) is 47.0 Å². The quantitative estimate of drug-likeness (QED) is 0.815. The van der Waals surface area contributed by atoms with Gasteiger partial charge < -0.3 is 15.0 Å². The van der Waals surface area contributed by atoms with Gasteiger partial charge in [0.25, 0.3) is 15.9 Å². The molecule has 7 nitrogen and oxygen atoms in total. The van der Waals surface area contributed by atoms with Gasteiger partial charge in [-0.1, -0.05) is 11.6 Å². The summed E-state index contributed by atoms with van der Waals surface area (Å²) < 4.78 is 32.4. The highest BCUT2D eigenvalue weighted by atomic mass is 35.5. The van der Waals surface area contributed by atoms with Crippen molar-refractivity contribution in [1.29, 1.82) is 0 Å². The first kappa shape index (κ1) is 18.1. The van der Waals surface area contributed by atoms with E-state index in [9.17, 15) is 13.2 Å². The van der Waals surface area contributed by atoms with Gasteiger partial charge in [-0.05, 0) is 48.2 Å². The number of halogens is 1. The molecule has 0 aromatic heterocycles. The van der Waals surface area contributed by atoms with Crippen LogP contribution in [0.1, 0.15) is 10.4 Å². The molecule has 1 amide bonds. The summed E-state index contributed by atoms with van der Waals surface area (Å²) in [5.74, 6) is 0.159. The summed E-state index contributed by atoms with van der Waals surface area (Å²) in [6.45, 7) is 0.354. The highest BCUT2D eigenvalue weighted by Crippen LogP contribution is 2.42. The van der Waals surface area contributed by atoms with Crippen molar-refractivity contribution in [3.63, 3.8) is 0 Å². The standard InChI is InChI=1S/C17H14ClN3O4S2/c1-25-14-5-3-11(18)9-12(14)19-16(22)10-2-4-13-15(8-10)26-17-20-27(23,24)7-6-21(13)17/h2-5,8-9H,6-7H2,1H3,(H,19,22). The predicted octanol–water partition coefficient (Wildman–Crippen LogP) is 3.21. The van der Waals surface area contributed by atoms with E-state index < -0.39 is 10.0 Å². The van der Waals surface area contributed by atoms with Crippen LogP contribution in [0.5, 0.6) is 5.75 Å². The number of benzene rings is 2. The first-order chi connectivity index (χ1) is 12.9. The smallest absolute Gasteiger partial charge is 0.257 e. The number of thioether (sulfide) groups is 1. The molecule has 4 rings (SSSR count). The van der Waals surface area contributed by atoms with Crippen molar-refractivity contribution in [2.75, 3.05) is 29.6 Å². The summed E-state index contributed by atoms with van der Waals surface area (Å²) in [6, 6.07) is 10.2. The molecule has 0 aliphatic carbocycles. The Morgan fingerprint density at radius 1 is 1.30 bits per heavy atom. The van der Waals surface area contributed by atoms with Crippen molar-refractivity contribution >= 4 is 55.8 Å². The molecule has 0 radical (unpaired) electrons. The van der Waals surface area contributed by atoms with E-state index in [0.717, 1.165) is 10.6 Å². The zero-order valence-electron chi connectivity index (χ0n) is 14.1. The molecular weight excluding hydrogens is 410 g/mol. The molecule has 2 aromatic rings. The fourth-order valence-corrected chi connectivity index (χ4v) is 5.31. The lowest BCUT2D eigenvalue weighted by Gasteiger charge is -2.22.